The summed E-state index contributed by atoms with van der Waals surface area (Å²) in [5.74, 6) is 0. The third-order valence-electron chi connectivity index (χ3n) is 2.56. The maximum Gasteiger partial charge on any atom is 0.0346 e. The van der Waals surface area contributed by atoms with E-state index in [1.54, 1.807) is 11.3 Å². The molecule has 2 aromatic rings. The largest absolute Gasteiger partial charge is 0.329 e. The zero-order chi connectivity index (χ0) is 10.7. The molecule has 0 spiro atoms. The molecule has 1 heterocycles. The third kappa shape index (κ3) is 2.37. The van der Waals surface area contributed by atoms with Gasteiger partial charge in [0.25, 0.3) is 0 Å². The molecule has 1 atom stereocenters. The lowest BCUT2D eigenvalue weighted by molar-refractivity contribution is 0.558. The maximum absolute atomic E-state index is 5.56. The van der Waals surface area contributed by atoms with E-state index in [4.69, 9.17) is 5.73 Å². The molecule has 2 nitrogen and oxygen atoms in total. The van der Waals surface area contributed by atoms with Crippen molar-refractivity contribution in [2.75, 3.05) is 6.54 Å². The van der Waals surface area contributed by atoms with Crippen LogP contribution in [0.25, 0.3) is 10.1 Å². The standard InChI is InChI=1S/C12H16N2S/c1-9(6-13)14-7-10-8-15-12-5-3-2-4-11(10)12/h2-5,8-9,14H,6-7,13H2,1H3. The van der Waals surface area contributed by atoms with Crippen LogP contribution in [0.2, 0.25) is 0 Å². The lowest BCUT2D eigenvalue weighted by atomic mass is 10.2. The van der Waals surface area contributed by atoms with Crippen LogP contribution < -0.4 is 11.1 Å². The Labute approximate surface area is 94.1 Å². The molecule has 1 unspecified atom stereocenters. The molecule has 0 amide bonds. The van der Waals surface area contributed by atoms with Gasteiger partial charge in [-0.3, -0.25) is 0 Å². The number of fused-ring (bicyclic) bond motifs is 1. The average Bonchev–Trinajstić information content (AvgIpc) is 2.69. The number of hydrogen-bond donors (Lipinski definition) is 2. The van der Waals surface area contributed by atoms with Crippen molar-refractivity contribution in [3.05, 3.63) is 35.2 Å². The molecule has 1 aromatic heterocycles. The van der Waals surface area contributed by atoms with E-state index in [-0.39, 0.29) is 0 Å². The molecule has 0 aliphatic heterocycles. The molecule has 0 aliphatic rings. The number of nitrogens with one attached hydrogen (secondary N) is 1. The van der Waals surface area contributed by atoms with E-state index in [0.717, 1.165) is 6.54 Å². The highest BCUT2D eigenvalue weighted by Gasteiger charge is 2.04. The fraction of sp³-hybridized carbons (Fsp3) is 0.333. The lowest BCUT2D eigenvalue weighted by Gasteiger charge is -2.10. The number of nitrogens with two attached hydrogens (primary N) is 1. The van der Waals surface area contributed by atoms with Crippen LogP contribution in [0, 0.1) is 0 Å². The molecule has 0 fully saturated rings. The molecule has 3 heteroatoms. The normalized spacial score (nSPS) is 13.2. The van der Waals surface area contributed by atoms with E-state index < -0.39 is 0 Å². The number of hydrogen-bond acceptors (Lipinski definition) is 3. The van der Waals surface area contributed by atoms with Crippen LogP contribution >= 0.6 is 11.3 Å². The van der Waals surface area contributed by atoms with Crippen LogP contribution in [-0.2, 0) is 6.54 Å². The highest BCUT2D eigenvalue weighted by Crippen LogP contribution is 2.25. The van der Waals surface area contributed by atoms with Crippen molar-refractivity contribution >= 4 is 21.4 Å². The molecule has 0 aliphatic carbocycles. The summed E-state index contributed by atoms with van der Waals surface area (Å²) in [5.41, 5.74) is 6.94. The summed E-state index contributed by atoms with van der Waals surface area (Å²) in [5, 5.41) is 6.99. The van der Waals surface area contributed by atoms with Crippen molar-refractivity contribution in [1.29, 1.82) is 0 Å². The van der Waals surface area contributed by atoms with Crippen LogP contribution in [0.5, 0.6) is 0 Å². The topological polar surface area (TPSA) is 38.0 Å². The van der Waals surface area contributed by atoms with Gasteiger partial charge in [-0.15, -0.1) is 11.3 Å². The predicted molar refractivity (Wildman–Crippen MR) is 67.2 cm³/mol. The fourth-order valence-corrected chi connectivity index (χ4v) is 2.50. The molecule has 1 aromatic carbocycles. The predicted octanol–water partition coefficient (Wildman–Crippen LogP) is 2.34. The third-order valence-corrected chi connectivity index (χ3v) is 3.57. The Kier molecular flexibility index (Phi) is 3.36. The first-order valence-electron chi connectivity index (χ1n) is 5.20. The van der Waals surface area contributed by atoms with Gasteiger partial charge in [-0.2, -0.15) is 0 Å². The van der Waals surface area contributed by atoms with Gasteiger partial charge in [0, 0.05) is 23.8 Å². The van der Waals surface area contributed by atoms with E-state index in [2.05, 4.69) is 41.9 Å². The van der Waals surface area contributed by atoms with Crippen LogP contribution in [0.3, 0.4) is 0 Å². The summed E-state index contributed by atoms with van der Waals surface area (Å²) in [6.45, 7) is 3.69. The van der Waals surface area contributed by atoms with Gasteiger partial charge < -0.3 is 11.1 Å². The molecule has 2 rings (SSSR count). The van der Waals surface area contributed by atoms with Gasteiger partial charge in [0.1, 0.15) is 0 Å². The van der Waals surface area contributed by atoms with Crippen molar-refractivity contribution in [2.24, 2.45) is 5.73 Å². The Balaban J connectivity index is 2.14. The van der Waals surface area contributed by atoms with Gasteiger partial charge in [-0.1, -0.05) is 18.2 Å². The first kappa shape index (κ1) is 10.6. The second-order valence-electron chi connectivity index (χ2n) is 3.77. The Hall–Kier alpha value is -0.900. The summed E-state index contributed by atoms with van der Waals surface area (Å²) in [4.78, 5) is 0. The van der Waals surface area contributed by atoms with E-state index in [9.17, 15) is 0 Å². The Morgan fingerprint density at radius 2 is 2.20 bits per heavy atom. The van der Waals surface area contributed by atoms with Gasteiger partial charge in [0.05, 0.1) is 0 Å². The summed E-state index contributed by atoms with van der Waals surface area (Å²) in [6.07, 6.45) is 0. The monoisotopic (exact) mass is 220 g/mol. The average molecular weight is 220 g/mol. The zero-order valence-electron chi connectivity index (χ0n) is 8.86. The quantitative estimate of drug-likeness (QED) is 0.830. The fourth-order valence-electron chi connectivity index (χ4n) is 1.54. The number of thiophene rings is 1. The van der Waals surface area contributed by atoms with Crippen molar-refractivity contribution in [3.8, 4) is 0 Å². The van der Waals surface area contributed by atoms with Crippen molar-refractivity contribution in [1.82, 2.24) is 5.32 Å². The molecule has 0 bridgehead atoms. The SMILES string of the molecule is CC(CN)NCc1csc2ccccc12. The number of rotatable bonds is 4. The first-order valence-corrected chi connectivity index (χ1v) is 6.08. The van der Waals surface area contributed by atoms with E-state index in [1.165, 1.54) is 15.6 Å². The summed E-state index contributed by atoms with van der Waals surface area (Å²) < 4.78 is 1.36. The molecular formula is C12H16N2S. The zero-order valence-corrected chi connectivity index (χ0v) is 9.68. The molecule has 0 saturated carbocycles. The maximum atomic E-state index is 5.56. The van der Waals surface area contributed by atoms with E-state index in [1.807, 2.05) is 0 Å². The molecule has 3 N–H and O–H groups in total. The Morgan fingerprint density at radius 3 is 3.00 bits per heavy atom. The highest BCUT2D eigenvalue weighted by molar-refractivity contribution is 7.17. The van der Waals surface area contributed by atoms with Crippen molar-refractivity contribution < 1.29 is 0 Å². The minimum absolute atomic E-state index is 0.378. The van der Waals surface area contributed by atoms with Gasteiger partial charge in [-0.25, -0.2) is 0 Å². The molecular weight excluding hydrogens is 204 g/mol. The van der Waals surface area contributed by atoms with E-state index in [0.29, 0.717) is 12.6 Å². The van der Waals surface area contributed by atoms with Crippen LogP contribution in [0.4, 0.5) is 0 Å². The van der Waals surface area contributed by atoms with Crippen molar-refractivity contribution in [3.63, 3.8) is 0 Å². The molecule has 15 heavy (non-hydrogen) atoms. The Bertz CT molecular complexity index is 436. The molecule has 0 radical (unpaired) electrons. The first-order chi connectivity index (χ1) is 7.31. The van der Waals surface area contributed by atoms with Gasteiger partial charge in [-0.05, 0) is 29.3 Å². The minimum atomic E-state index is 0.378. The smallest absolute Gasteiger partial charge is 0.0346 e. The molecule has 0 saturated heterocycles. The van der Waals surface area contributed by atoms with Crippen LogP contribution in [0.15, 0.2) is 29.6 Å². The summed E-state index contributed by atoms with van der Waals surface area (Å²) in [6, 6.07) is 8.89. The molecule has 80 valence electrons. The summed E-state index contributed by atoms with van der Waals surface area (Å²) >= 11 is 1.80. The van der Waals surface area contributed by atoms with Gasteiger partial charge in [0.15, 0.2) is 0 Å². The van der Waals surface area contributed by atoms with Crippen molar-refractivity contribution in [2.45, 2.75) is 19.5 Å². The van der Waals surface area contributed by atoms with E-state index >= 15 is 0 Å². The van der Waals surface area contributed by atoms with Gasteiger partial charge in [0.2, 0.25) is 0 Å². The van der Waals surface area contributed by atoms with Crippen LogP contribution in [-0.4, -0.2) is 12.6 Å². The Morgan fingerprint density at radius 1 is 1.40 bits per heavy atom. The minimum Gasteiger partial charge on any atom is -0.329 e. The second-order valence-corrected chi connectivity index (χ2v) is 4.69. The number of benzene rings is 1. The highest BCUT2D eigenvalue weighted by atomic mass is 32.1. The lowest BCUT2D eigenvalue weighted by Crippen LogP contribution is -2.32. The summed E-state index contributed by atoms with van der Waals surface area (Å²) in [7, 11) is 0. The van der Waals surface area contributed by atoms with Gasteiger partial charge >= 0.3 is 0 Å². The second kappa shape index (κ2) is 4.75. The van der Waals surface area contributed by atoms with Crippen LogP contribution in [0.1, 0.15) is 12.5 Å².